The maximum absolute atomic E-state index is 6.16. The van der Waals surface area contributed by atoms with Crippen molar-refractivity contribution in [2.24, 2.45) is 0 Å². The van der Waals surface area contributed by atoms with E-state index in [1.54, 1.807) is 0 Å². The van der Waals surface area contributed by atoms with E-state index in [-0.39, 0.29) is 0 Å². The van der Waals surface area contributed by atoms with Gasteiger partial charge in [0.25, 0.3) is 0 Å². The Morgan fingerprint density at radius 3 is 2.96 bits per heavy atom. The van der Waals surface area contributed by atoms with Crippen LogP contribution in [0.5, 0.6) is 0 Å². The van der Waals surface area contributed by atoms with Gasteiger partial charge in [0.15, 0.2) is 10.9 Å². The third-order valence-corrected chi connectivity index (χ3v) is 3.74. The largest absolute Gasteiger partial charge is 0.382 e. The summed E-state index contributed by atoms with van der Waals surface area (Å²) in [5.74, 6) is 0.708. The molecule has 7 heteroatoms. The first-order valence-electron chi connectivity index (χ1n) is 7.58. The highest BCUT2D eigenvalue weighted by Gasteiger charge is 2.04. The Bertz CT molecular complexity index is 632. The first kappa shape index (κ1) is 17.7. The van der Waals surface area contributed by atoms with Crippen molar-refractivity contribution in [1.82, 2.24) is 15.1 Å². The molecule has 2 aromatic rings. The van der Waals surface area contributed by atoms with Gasteiger partial charge in [-0.05, 0) is 37.2 Å². The van der Waals surface area contributed by atoms with Crippen molar-refractivity contribution < 1.29 is 4.74 Å². The van der Waals surface area contributed by atoms with E-state index in [1.165, 1.54) is 0 Å². The quantitative estimate of drug-likeness (QED) is 0.564. The van der Waals surface area contributed by atoms with Crippen LogP contribution in [0.4, 0.5) is 5.82 Å². The monoisotopic (exact) mass is 352 g/mol. The van der Waals surface area contributed by atoms with Gasteiger partial charge < -0.3 is 15.4 Å². The van der Waals surface area contributed by atoms with Crippen molar-refractivity contribution in [2.45, 2.75) is 19.9 Å². The summed E-state index contributed by atoms with van der Waals surface area (Å²) in [7, 11) is 0. The fourth-order valence-electron chi connectivity index (χ4n) is 2.00. The molecule has 0 atom stereocenters. The number of halogens is 1. The molecule has 0 aliphatic carbocycles. The number of nitrogens with one attached hydrogen (secondary N) is 2. The number of benzene rings is 1. The van der Waals surface area contributed by atoms with Gasteiger partial charge in [0.2, 0.25) is 0 Å². The molecule has 124 valence electrons. The lowest BCUT2D eigenvalue weighted by molar-refractivity contribution is 0.146. The lowest BCUT2D eigenvalue weighted by Crippen LogP contribution is -2.30. The van der Waals surface area contributed by atoms with Crippen molar-refractivity contribution >= 4 is 34.7 Å². The van der Waals surface area contributed by atoms with E-state index < -0.39 is 0 Å². The van der Waals surface area contributed by atoms with Crippen LogP contribution in [0.1, 0.15) is 18.9 Å². The summed E-state index contributed by atoms with van der Waals surface area (Å²) in [5.41, 5.74) is 1.03. The number of hydrogen-bond acceptors (Lipinski definition) is 3. The Morgan fingerprint density at radius 1 is 1.35 bits per heavy atom. The van der Waals surface area contributed by atoms with Crippen molar-refractivity contribution in [2.75, 3.05) is 25.1 Å². The van der Waals surface area contributed by atoms with Gasteiger partial charge in [-0.1, -0.05) is 29.8 Å². The molecule has 0 saturated carbocycles. The molecule has 1 aromatic heterocycles. The molecule has 0 aliphatic heterocycles. The Morgan fingerprint density at radius 2 is 2.17 bits per heavy atom. The molecular formula is C16H21ClN4OS. The molecule has 23 heavy (non-hydrogen) atoms. The fraction of sp³-hybridized carbons (Fsp3) is 0.375. The fourth-order valence-corrected chi connectivity index (χ4v) is 2.40. The van der Waals surface area contributed by atoms with Crippen molar-refractivity contribution in [3.05, 3.63) is 47.1 Å². The molecule has 0 amide bonds. The average molecular weight is 353 g/mol. The highest BCUT2D eigenvalue weighted by molar-refractivity contribution is 7.80. The normalized spacial score (nSPS) is 10.5. The molecule has 1 aromatic carbocycles. The number of aromatic nitrogens is 2. The summed E-state index contributed by atoms with van der Waals surface area (Å²) < 4.78 is 7.09. The van der Waals surface area contributed by atoms with Crippen molar-refractivity contribution in [3.63, 3.8) is 0 Å². The molecule has 0 radical (unpaired) electrons. The number of anilines is 1. The Kier molecular flexibility index (Phi) is 7.32. The van der Waals surface area contributed by atoms with Gasteiger partial charge in [-0.2, -0.15) is 5.10 Å². The summed E-state index contributed by atoms with van der Waals surface area (Å²) >= 11 is 11.4. The van der Waals surface area contributed by atoms with E-state index in [1.807, 2.05) is 48.1 Å². The Labute approximate surface area is 147 Å². The van der Waals surface area contributed by atoms with Gasteiger partial charge in [0, 0.05) is 37.0 Å². The van der Waals surface area contributed by atoms with E-state index in [2.05, 4.69) is 15.7 Å². The van der Waals surface area contributed by atoms with Crippen LogP contribution < -0.4 is 10.6 Å². The highest BCUT2D eigenvalue weighted by Crippen LogP contribution is 2.16. The van der Waals surface area contributed by atoms with Gasteiger partial charge >= 0.3 is 0 Å². The third kappa shape index (κ3) is 6.17. The Balaban J connectivity index is 1.78. The molecule has 0 spiro atoms. The van der Waals surface area contributed by atoms with Gasteiger partial charge in [0.1, 0.15) is 0 Å². The first-order chi connectivity index (χ1) is 11.2. The van der Waals surface area contributed by atoms with Gasteiger partial charge in [-0.3, -0.25) is 4.68 Å². The predicted octanol–water partition coefficient (Wildman–Crippen LogP) is 3.30. The molecule has 2 N–H and O–H groups in total. The molecule has 5 nitrogen and oxygen atoms in total. The zero-order valence-electron chi connectivity index (χ0n) is 13.1. The summed E-state index contributed by atoms with van der Waals surface area (Å²) in [5, 5.41) is 11.9. The zero-order chi connectivity index (χ0) is 16.5. The SMILES string of the molecule is CCOCCCNC(=S)Nc1ccn(Cc2ccccc2Cl)n1. The minimum absolute atomic E-state index is 0.560. The lowest BCUT2D eigenvalue weighted by Gasteiger charge is -2.08. The highest BCUT2D eigenvalue weighted by atomic mass is 35.5. The maximum Gasteiger partial charge on any atom is 0.171 e. The standard InChI is InChI=1S/C16H21ClN4OS/c1-2-22-11-5-9-18-16(23)19-15-8-10-21(20-15)12-13-6-3-4-7-14(13)17/h3-4,6-8,10H,2,5,9,11-12H2,1H3,(H2,18,19,20,23). The third-order valence-electron chi connectivity index (χ3n) is 3.13. The molecule has 1 heterocycles. The van der Waals surface area contributed by atoms with Crippen LogP contribution in [-0.4, -0.2) is 34.7 Å². The van der Waals surface area contributed by atoms with E-state index in [4.69, 9.17) is 28.6 Å². The molecule has 2 rings (SSSR count). The number of hydrogen-bond donors (Lipinski definition) is 2. The van der Waals surface area contributed by atoms with Crippen LogP contribution in [0, 0.1) is 0 Å². The van der Waals surface area contributed by atoms with Crippen LogP contribution in [-0.2, 0) is 11.3 Å². The molecule has 0 bridgehead atoms. The molecular weight excluding hydrogens is 332 g/mol. The number of ether oxygens (including phenoxy) is 1. The van der Waals surface area contributed by atoms with Crippen LogP contribution in [0.15, 0.2) is 36.5 Å². The second kappa shape index (κ2) is 9.50. The second-order valence-corrected chi connectivity index (χ2v) is 5.74. The zero-order valence-corrected chi connectivity index (χ0v) is 14.7. The minimum Gasteiger partial charge on any atom is -0.382 e. The van der Waals surface area contributed by atoms with Crippen molar-refractivity contribution in [3.8, 4) is 0 Å². The summed E-state index contributed by atoms with van der Waals surface area (Å²) in [6.07, 6.45) is 2.81. The molecule has 0 saturated heterocycles. The smallest absolute Gasteiger partial charge is 0.171 e. The van der Waals surface area contributed by atoms with Crippen LogP contribution in [0.25, 0.3) is 0 Å². The Hall–Kier alpha value is -1.63. The summed E-state index contributed by atoms with van der Waals surface area (Å²) in [4.78, 5) is 0. The van der Waals surface area contributed by atoms with Crippen molar-refractivity contribution in [1.29, 1.82) is 0 Å². The summed E-state index contributed by atoms with van der Waals surface area (Å²) in [6, 6.07) is 9.62. The lowest BCUT2D eigenvalue weighted by atomic mass is 10.2. The van der Waals surface area contributed by atoms with Gasteiger partial charge in [-0.15, -0.1) is 0 Å². The number of thiocarbonyl (C=S) groups is 1. The number of nitrogens with zero attached hydrogens (tertiary/aromatic N) is 2. The van der Waals surface area contributed by atoms with E-state index in [9.17, 15) is 0 Å². The van der Waals surface area contributed by atoms with Crippen LogP contribution in [0.2, 0.25) is 5.02 Å². The minimum atomic E-state index is 0.560. The molecule has 0 fully saturated rings. The van der Waals surface area contributed by atoms with E-state index >= 15 is 0 Å². The first-order valence-corrected chi connectivity index (χ1v) is 8.37. The van der Waals surface area contributed by atoms with Gasteiger partial charge in [0.05, 0.1) is 6.54 Å². The van der Waals surface area contributed by atoms with Gasteiger partial charge in [-0.25, -0.2) is 0 Å². The maximum atomic E-state index is 6.16. The average Bonchev–Trinajstić information content (AvgIpc) is 2.96. The molecule has 0 unspecified atom stereocenters. The summed E-state index contributed by atoms with van der Waals surface area (Å²) in [6.45, 7) is 4.85. The second-order valence-electron chi connectivity index (χ2n) is 4.92. The van der Waals surface area contributed by atoms with E-state index in [0.29, 0.717) is 17.5 Å². The number of rotatable bonds is 8. The van der Waals surface area contributed by atoms with Crippen LogP contribution in [0.3, 0.4) is 0 Å². The molecule has 0 aliphatic rings. The topological polar surface area (TPSA) is 51.1 Å². The van der Waals surface area contributed by atoms with Crippen LogP contribution >= 0.6 is 23.8 Å². The predicted molar refractivity (Wildman–Crippen MR) is 98.1 cm³/mol. The van der Waals surface area contributed by atoms with E-state index in [0.717, 1.165) is 36.8 Å².